The van der Waals surface area contributed by atoms with E-state index in [0.717, 1.165) is 15.6 Å². The smallest absolute Gasteiger partial charge is 0.349 e. The fourth-order valence-corrected chi connectivity index (χ4v) is 4.56. The zero-order valence-electron chi connectivity index (χ0n) is 15.1. The summed E-state index contributed by atoms with van der Waals surface area (Å²) < 4.78 is 3.60. The predicted molar refractivity (Wildman–Crippen MR) is 112 cm³/mol. The Morgan fingerprint density at radius 2 is 1.83 bits per heavy atom. The molecule has 3 aromatic heterocycles. The number of nitrogens with zero attached hydrogens (tertiary/aromatic N) is 3. The maximum atomic E-state index is 13.6. The highest BCUT2D eigenvalue weighted by atomic mass is 35.5. The number of hydrogen-bond donors (Lipinski definition) is 0. The van der Waals surface area contributed by atoms with Crippen LogP contribution in [0.25, 0.3) is 27.5 Å². The molecule has 142 valence electrons. The zero-order valence-corrected chi connectivity index (χ0v) is 16.7. The monoisotopic (exact) mass is 419 g/mol. The molecule has 5 rings (SSSR count). The molecular formula is C22H14ClN3O2S. The van der Waals surface area contributed by atoms with Gasteiger partial charge in [0.2, 0.25) is 0 Å². The van der Waals surface area contributed by atoms with Crippen LogP contribution in [0.5, 0.6) is 5.88 Å². The summed E-state index contributed by atoms with van der Waals surface area (Å²) in [4.78, 5) is 18.2. The molecule has 0 N–H and O–H groups in total. The van der Waals surface area contributed by atoms with Gasteiger partial charge in [-0.15, -0.1) is 11.3 Å². The van der Waals surface area contributed by atoms with Crippen molar-refractivity contribution in [2.24, 2.45) is 0 Å². The lowest BCUT2D eigenvalue weighted by molar-refractivity contribution is -0.707. The molecule has 29 heavy (non-hydrogen) atoms. The third-order valence-corrected chi connectivity index (χ3v) is 5.98. The first-order chi connectivity index (χ1) is 14.1. The zero-order chi connectivity index (χ0) is 20.0. The molecule has 0 aliphatic heterocycles. The average Bonchev–Trinajstić information content (AvgIpc) is 3.16. The van der Waals surface area contributed by atoms with Gasteiger partial charge < -0.3 is 5.11 Å². The minimum Gasteiger partial charge on any atom is -0.842 e. The second-order valence-corrected chi connectivity index (χ2v) is 8.31. The average molecular weight is 420 g/mol. The normalized spacial score (nSPS) is 11.3. The molecule has 2 aromatic carbocycles. The van der Waals surface area contributed by atoms with Gasteiger partial charge in [0.15, 0.2) is 4.47 Å². The molecule has 0 saturated carbocycles. The van der Waals surface area contributed by atoms with Crippen molar-refractivity contribution in [3.05, 3.63) is 92.8 Å². The molecule has 0 atom stereocenters. The van der Waals surface area contributed by atoms with Crippen LogP contribution in [-0.4, -0.2) is 9.38 Å². The second kappa shape index (κ2) is 6.99. The highest BCUT2D eigenvalue weighted by Gasteiger charge is 2.22. The van der Waals surface area contributed by atoms with Crippen molar-refractivity contribution in [1.29, 1.82) is 0 Å². The van der Waals surface area contributed by atoms with Crippen molar-refractivity contribution in [1.82, 2.24) is 9.38 Å². The van der Waals surface area contributed by atoms with Crippen molar-refractivity contribution >= 4 is 39.4 Å². The Morgan fingerprint density at radius 1 is 1.07 bits per heavy atom. The van der Waals surface area contributed by atoms with Gasteiger partial charge in [-0.3, -0.25) is 0 Å². The quantitative estimate of drug-likeness (QED) is 0.331. The molecule has 7 heteroatoms. The molecule has 5 nitrogen and oxygen atoms in total. The molecule has 0 spiro atoms. The maximum Gasteiger partial charge on any atom is 0.349 e. The summed E-state index contributed by atoms with van der Waals surface area (Å²) in [7, 11) is 0. The Balaban J connectivity index is 1.92. The van der Waals surface area contributed by atoms with Gasteiger partial charge >= 0.3 is 5.56 Å². The summed E-state index contributed by atoms with van der Waals surface area (Å²) in [6.07, 6.45) is 3.39. The Kier molecular flexibility index (Phi) is 4.30. The number of fused-ring (bicyclic) bond motifs is 3. The molecule has 0 bridgehead atoms. The van der Waals surface area contributed by atoms with Crippen molar-refractivity contribution < 1.29 is 9.67 Å². The number of aromatic nitrogens is 3. The molecule has 0 unspecified atom stereocenters. The molecule has 3 heterocycles. The van der Waals surface area contributed by atoms with Crippen molar-refractivity contribution in [3.63, 3.8) is 0 Å². The third-order valence-electron chi connectivity index (χ3n) is 4.88. The number of halogens is 1. The van der Waals surface area contributed by atoms with Crippen LogP contribution < -0.4 is 15.2 Å². The van der Waals surface area contributed by atoms with E-state index >= 15 is 0 Å². The summed E-state index contributed by atoms with van der Waals surface area (Å²) in [6.45, 7) is 0.279. The van der Waals surface area contributed by atoms with Gasteiger partial charge in [0.05, 0.1) is 16.1 Å². The molecular weight excluding hydrogens is 406 g/mol. The lowest BCUT2D eigenvalue weighted by atomic mass is 10.1. The third kappa shape index (κ3) is 2.97. The summed E-state index contributed by atoms with van der Waals surface area (Å²) in [5, 5.41) is 15.3. The van der Waals surface area contributed by atoms with E-state index in [9.17, 15) is 9.90 Å². The largest absolute Gasteiger partial charge is 0.842 e. The Labute approximate surface area is 174 Å². The van der Waals surface area contributed by atoms with Gasteiger partial charge in [0.25, 0.3) is 5.65 Å². The van der Waals surface area contributed by atoms with Crippen LogP contribution in [0.4, 0.5) is 0 Å². The van der Waals surface area contributed by atoms with Gasteiger partial charge in [0.1, 0.15) is 18.3 Å². The van der Waals surface area contributed by atoms with Crippen molar-refractivity contribution in [2.75, 3.05) is 0 Å². The fourth-order valence-electron chi connectivity index (χ4n) is 3.59. The molecule has 0 amide bonds. The minimum absolute atomic E-state index is 0.147. The predicted octanol–water partition coefficient (Wildman–Crippen LogP) is 3.64. The molecule has 0 fully saturated rings. The van der Waals surface area contributed by atoms with Crippen LogP contribution in [0.1, 0.15) is 4.88 Å². The van der Waals surface area contributed by atoms with E-state index in [-0.39, 0.29) is 23.5 Å². The van der Waals surface area contributed by atoms with E-state index in [2.05, 4.69) is 4.98 Å². The van der Waals surface area contributed by atoms with E-state index in [4.69, 9.17) is 11.6 Å². The molecule has 0 radical (unpaired) electrons. The van der Waals surface area contributed by atoms with Crippen molar-refractivity contribution in [3.8, 4) is 17.0 Å². The SMILES string of the molecule is O=c1c(-c2ccccc2)c([O-])[n+](Cc2cnc(Cl)s2)c2c3ccccc3ccn12. The number of benzene rings is 2. The first-order valence-electron chi connectivity index (χ1n) is 8.96. The lowest BCUT2D eigenvalue weighted by Crippen LogP contribution is -2.44. The summed E-state index contributed by atoms with van der Waals surface area (Å²) in [5.41, 5.74) is 0.970. The van der Waals surface area contributed by atoms with Crippen LogP contribution in [0.15, 0.2) is 77.9 Å². The minimum atomic E-state index is -0.333. The van der Waals surface area contributed by atoms with E-state index in [1.165, 1.54) is 11.3 Å². The highest BCUT2D eigenvalue weighted by Crippen LogP contribution is 2.25. The summed E-state index contributed by atoms with van der Waals surface area (Å²) in [6, 6.07) is 18.6. The van der Waals surface area contributed by atoms with Gasteiger partial charge in [-0.2, -0.15) is 4.40 Å². The standard InChI is InChI=1S/C22H14ClN3O2S/c23-22-24-12-16(29-22)13-26-19-17-9-5-4-6-14(17)10-11-25(19)20(27)18(21(26)28)15-7-2-1-3-8-15/h1-12H,13H2. The molecule has 0 aliphatic carbocycles. The summed E-state index contributed by atoms with van der Waals surface area (Å²) >= 11 is 7.32. The van der Waals surface area contributed by atoms with Crippen LogP contribution in [0.2, 0.25) is 4.47 Å². The maximum absolute atomic E-state index is 13.6. The second-order valence-electron chi connectivity index (χ2n) is 6.61. The number of hydrogen-bond acceptors (Lipinski definition) is 4. The summed E-state index contributed by atoms with van der Waals surface area (Å²) in [5.74, 6) is -0.331. The highest BCUT2D eigenvalue weighted by molar-refractivity contribution is 7.15. The molecule has 0 saturated heterocycles. The first-order valence-corrected chi connectivity index (χ1v) is 10.2. The Hall–Kier alpha value is -3.22. The lowest BCUT2D eigenvalue weighted by Gasteiger charge is -2.17. The number of thiazole rings is 1. The van der Waals surface area contributed by atoms with Crippen molar-refractivity contribution in [2.45, 2.75) is 6.54 Å². The van der Waals surface area contributed by atoms with Gasteiger partial charge in [0, 0.05) is 6.20 Å². The van der Waals surface area contributed by atoms with E-state index in [0.29, 0.717) is 15.7 Å². The van der Waals surface area contributed by atoms with Crippen LogP contribution in [-0.2, 0) is 6.54 Å². The topological polar surface area (TPSA) is 61.3 Å². The van der Waals surface area contributed by atoms with Crippen LogP contribution in [0.3, 0.4) is 0 Å². The van der Waals surface area contributed by atoms with Crippen LogP contribution >= 0.6 is 22.9 Å². The number of pyridine rings is 1. The Morgan fingerprint density at radius 3 is 2.59 bits per heavy atom. The van der Waals surface area contributed by atoms with Crippen LogP contribution in [0, 0.1) is 0 Å². The van der Waals surface area contributed by atoms with E-state index in [1.807, 2.05) is 48.5 Å². The molecule has 0 aliphatic rings. The first kappa shape index (κ1) is 17.8. The van der Waals surface area contributed by atoms with E-state index < -0.39 is 0 Å². The fraction of sp³-hybridized carbons (Fsp3) is 0.0455. The van der Waals surface area contributed by atoms with Gasteiger partial charge in [-0.25, -0.2) is 14.3 Å². The molecule has 5 aromatic rings. The Bertz CT molecular complexity index is 1430. The van der Waals surface area contributed by atoms with Gasteiger partial charge in [-0.05, 0) is 23.1 Å². The van der Waals surface area contributed by atoms with E-state index in [1.54, 1.807) is 33.5 Å². The number of rotatable bonds is 3. The van der Waals surface area contributed by atoms with Gasteiger partial charge in [-0.1, -0.05) is 60.1 Å².